The highest BCUT2D eigenvalue weighted by Gasteiger charge is 2.26. The second-order valence-corrected chi connectivity index (χ2v) is 8.36. The number of nitrogens with zero attached hydrogens (tertiary/aromatic N) is 2. The summed E-state index contributed by atoms with van der Waals surface area (Å²) in [6.45, 7) is 4.79. The highest BCUT2D eigenvalue weighted by molar-refractivity contribution is 7.18. The summed E-state index contributed by atoms with van der Waals surface area (Å²) in [7, 11) is 1.25. The number of nitrogens with two attached hydrogens (primary N) is 1. The number of anilines is 2. The number of esters is 1. The third kappa shape index (κ3) is 4.92. The molecule has 30 heavy (non-hydrogen) atoms. The van der Waals surface area contributed by atoms with E-state index in [9.17, 15) is 14.4 Å². The van der Waals surface area contributed by atoms with Crippen LogP contribution in [0.3, 0.4) is 0 Å². The molecule has 0 radical (unpaired) electrons. The maximum atomic E-state index is 12.6. The Morgan fingerprint density at radius 3 is 2.37 bits per heavy atom. The van der Waals surface area contributed by atoms with Gasteiger partial charge in [0.15, 0.2) is 0 Å². The summed E-state index contributed by atoms with van der Waals surface area (Å²) >= 11 is 6.92. The fourth-order valence-electron chi connectivity index (χ4n) is 3.37. The van der Waals surface area contributed by atoms with Gasteiger partial charge in [-0.1, -0.05) is 11.6 Å². The molecule has 1 fully saturated rings. The number of rotatable bonds is 6. The molecule has 0 atom stereocenters. The smallest absolute Gasteiger partial charge is 0.341 e. The van der Waals surface area contributed by atoms with Crippen molar-refractivity contribution in [2.24, 2.45) is 5.73 Å². The van der Waals surface area contributed by atoms with Gasteiger partial charge in [-0.15, -0.1) is 11.3 Å². The normalized spacial score (nSPS) is 14.4. The van der Waals surface area contributed by atoms with E-state index in [2.05, 4.69) is 10.2 Å². The monoisotopic (exact) mass is 450 g/mol. The van der Waals surface area contributed by atoms with Crippen LogP contribution in [0.5, 0.6) is 0 Å². The second kappa shape index (κ2) is 9.46. The molecular weight excluding hydrogens is 428 g/mol. The molecule has 0 bridgehead atoms. The molecule has 0 unspecified atom stereocenters. The molecule has 3 N–H and O–H groups in total. The zero-order valence-corrected chi connectivity index (χ0v) is 18.3. The Hall–Kier alpha value is -2.62. The number of carbonyl (C=O) groups is 3. The SMILES string of the molecule is COC(=O)c1c(NC(=O)CN2CCN(c3ccc(Cl)cc3)CC2)sc(C(N)=O)c1C. The maximum Gasteiger partial charge on any atom is 0.341 e. The number of amides is 2. The third-order valence-electron chi connectivity index (χ3n) is 4.94. The minimum Gasteiger partial charge on any atom is -0.465 e. The molecule has 2 heterocycles. The average molecular weight is 451 g/mol. The lowest BCUT2D eigenvalue weighted by molar-refractivity contribution is -0.117. The van der Waals surface area contributed by atoms with E-state index < -0.39 is 11.9 Å². The molecule has 10 heteroatoms. The van der Waals surface area contributed by atoms with Crippen LogP contribution in [0.2, 0.25) is 5.02 Å². The van der Waals surface area contributed by atoms with E-state index in [1.165, 1.54) is 7.11 Å². The van der Waals surface area contributed by atoms with Gasteiger partial charge in [0.2, 0.25) is 5.91 Å². The Labute approximate surface area is 183 Å². The number of methoxy groups -OCH3 is 1. The first-order chi connectivity index (χ1) is 14.3. The number of hydrogen-bond acceptors (Lipinski definition) is 7. The number of carbonyl (C=O) groups excluding carboxylic acids is 3. The molecule has 8 nitrogen and oxygen atoms in total. The highest BCUT2D eigenvalue weighted by Crippen LogP contribution is 2.33. The minimum absolute atomic E-state index is 0.164. The summed E-state index contributed by atoms with van der Waals surface area (Å²) in [4.78, 5) is 40.8. The van der Waals surface area contributed by atoms with Gasteiger partial charge in [0, 0.05) is 36.9 Å². The molecule has 0 aliphatic carbocycles. The van der Waals surface area contributed by atoms with E-state index in [-0.39, 0.29) is 27.9 Å². The number of piperazine rings is 1. The summed E-state index contributed by atoms with van der Waals surface area (Å²) in [6.07, 6.45) is 0. The lowest BCUT2D eigenvalue weighted by Crippen LogP contribution is -2.48. The van der Waals surface area contributed by atoms with Gasteiger partial charge in [-0.25, -0.2) is 4.79 Å². The Bertz CT molecular complexity index is 952. The molecule has 3 rings (SSSR count). The maximum absolute atomic E-state index is 12.6. The highest BCUT2D eigenvalue weighted by atomic mass is 35.5. The van der Waals surface area contributed by atoms with Gasteiger partial charge >= 0.3 is 5.97 Å². The molecule has 2 aromatic rings. The number of primary amides is 1. The Morgan fingerprint density at radius 1 is 1.17 bits per heavy atom. The van der Waals surface area contributed by atoms with Crippen LogP contribution in [0.15, 0.2) is 24.3 Å². The van der Waals surface area contributed by atoms with E-state index in [4.69, 9.17) is 22.1 Å². The van der Waals surface area contributed by atoms with Gasteiger partial charge < -0.3 is 20.7 Å². The topological polar surface area (TPSA) is 105 Å². The first-order valence-corrected chi connectivity index (χ1v) is 10.5. The van der Waals surface area contributed by atoms with Crippen molar-refractivity contribution < 1.29 is 19.1 Å². The van der Waals surface area contributed by atoms with Crippen LogP contribution in [0.1, 0.15) is 25.6 Å². The molecule has 1 aromatic heterocycles. The van der Waals surface area contributed by atoms with Crippen molar-refractivity contribution in [3.8, 4) is 0 Å². The van der Waals surface area contributed by atoms with Crippen LogP contribution in [0, 0.1) is 6.92 Å². The van der Waals surface area contributed by atoms with Crippen molar-refractivity contribution in [2.75, 3.05) is 50.1 Å². The molecule has 1 aromatic carbocycles. The van der Waals surface area contributed by atoms with Crippen LogP contribution < -0.4 is 16.0 Å². The van der Waals surface area contributed by atoms with Crippen molar-refractivity contribution in [3.63, 3.8) is 0 Å². The van der Waals surface area contributed by atoms with Crippen LogP contribution in [0.4, 0.5) is 10.7 Å². The average Bonchev–Trinajstić information content (AvgIpc) is 3.04. The van der Waals surface area contributed by atoms with E-state index in [1.807, 2.05) is 29.2 Å². The Balaban J connectivity index is 1.61. The quantitative estimate of drug-likeness (QED) is 0.654. The summed E-state index contributed by atoms with van der Waals surface area (Å²) in [5, 5.41) is 3.71. The van der Waals surface area contributed by atoms with E-state index in [0.29, 0.717) is 10.6 Å². The van der Waals surface area contributed by atoms with E-state index in [0.717, 1.165) is 43.2 Å². The molecular formula is C20H23ClN4O4S. The number of halogens is 1. The zero-order chi connectivity index (χ0) is 21.8. The lowest BCUT2D eigenvalue weighted by atomic mass is 10.1. The number of nitrogens with one attached hydrogen (secondary N) is 1. The zero-order valence-electron chi connectivity index (χ0n) is 16.7. The number of benzene rings is 1. The predicted octanol–water partition coefficient (Wildman–Crippen LogP) is 2.36. The van der Waals surface area contributed by atoms with Crippen LogP contribution >= 0.6 is 22.9 Å². The predicted molar refractivity (Wildman–Crippen MR) is 118 cm³/mol. The first-order valence-electron chi connectivity index (χ1n) is 9.34. The molecule has 1 aliphatic rings. The number of ether oxygens (including phenoxy) is 1. The first kappa shape index (κ1) is 22.1. The molecule has 160 valence electrons. The minimum atomic E-state index is -0.651. The molecule has 2 amide bonds. The lowest BCUT2D eigenvalue weighted by Gasteiger charge is -2.35. The van der Waals surface area contributed by atoms with Gasteiger partial charge in [-0.3, -0.25) is 14.5 Å². The fourth-order valence-corrected chi connectivity index (χ4v) is 4.56. The second-order valence-electron chi connectivity index (χ2n) is 6.90. The molecule has 0 saturated carbocycles. The summed E-state index contributed by atoms with van der Waals surface area (Å²) in [5.74, 6) is -1.54. The van der Waals surface area contributed by atoms with Crippen LogP contribution in [-0.2, 0) is 9.53 Å². The van der Waals surface area contributed by atoms with Crippen molar-refractivity contribution >= 4 is 51.4 Å². The van der Waals surface area contributed by atoms with Crippen molar-refractivity contribution in [1.29, 1.82) is 0 Å². The summed E-state index contributed by atoms with van der Waals surface area (Å²) < 4.78 is 4.78. The molecule has 0 spiro atoms. The number of thiophene rings is 1. The van der Waals surface area contributed by atoms with Crippen molar-refractivity contribution in [3.05, 3.63) is 45.3 Å². The summed E-state index contributed by atoms with van der Waals surface area (Å²) in [6, 6.07) is 7.68. The molecule has 1 saturated heterocycles. The molecule has 1 aliphatic heterocycles. The summed E-state index contributed by atoms with van der Waals surface area (Å²) in [5.41, 5.74) is 7.04. The fraction of sp³-hybridized carbons (Fsp3) is 0.350. The number of hydrogen-bond donors (Lipinski definition) is 2. The standard InChI is InChI=1S/C20H23ClN4O4S/c1-12-16(20(28)29-2)19(30-17(12)18(22)27)23-15(26)11-24-7-9-25(10-8-24)14-5-3-13(21)4-6-14/h3-6H,7-11H2,1-2H3,(H2,22,27)(H,23,26). The van der Waals surface area contributed by atoms with Crippen LogP contribution in [-0.4, -0.2) is 62.5 Å². The van der Waals surface area contributed by atoms with Gasteiger partial charge in [-0.2, -0.15) is 0 Å². The van der Waals surface area contributed by atoms with Gasteiger partial charge in [0.05, 0.1) is 24.1 Å². The van der Waals surface area contributed by atoms with Crippen LogP contribution in [0.25, 0.3) is 0 Å². The van der Waals surface area contributed by atoms with E-state index >= 15 is 0 Å². The van der Waals surface area contributed by atoms with Crippen molar-refractivity contribution in [1.82, 2.24) is 4.90 Å². The van der Waals surface area contributed by atoms with Gasteiger partial charge in [-0.05, 0) is 36.8 Å². The van der Waals surface area contributed by atoms with Gasteiger partial charge in [0.1, 0.15) is 5.00 Å². The Kier molecular flexibility index (Phi) is 6.96. The van der Waals surface area contributed by atoms with Crippen molar-refractivity contribution in [2.45, 2.75) is 6.92 Å². The van der Waals surface area contributed by atoms with E-state index in [1.54, 1.807) is 6.92 Å². The Morgan fingerprint density at radius 2 is 1.80 bits per heavy atom. The largest absolute Gasteiger partial charge is 0.465 e. The van der Waals surface area contributed by atoms with Gasteiger partial charge in [0.25, 0.3) is 5.91 Å². The third-order valence-corrected chi connectivity index (χ3v) is 6.42.